The molecule has 0 amide bonds. The van der Waals surface area contributed by atoms with Gasteiger partial charge in [0.1, 0.15) is 5.82 Å². The smallest absolute Gasteiger partial charge is 0.274 e. The number of halogens is 1. The molecule has 0 bridgehead atoms. The zero-order valence-corrected chi connectivity index (χ0v) is 11.5. The minimum Gasteiger partial charge on any atom is -0.274 e. The molecule has 1 aliphatic rings. The Kier molecular flexibility index (Phi) is 3.10. The Labute approximate surface area is 117 Å². The fourth-order valence-electron chi connectivity index (χ4n) is 2.09. The molecule has 0 radical (unpaired) electrons. The van der Waals surface area contributed by atoms with Gasteiger partial charge < -0.3 is 0 Å². The number of benzene rings is 1. The van der Waals surface area contributed by atoms with E-state index in [0.29, 0.717) is 14.9 Å². The summed E-state index contributed by atoms with van der Waals surface area (Å²) in [6, 6.07) is 6.06. The van der Waals surface area contributed by atoms with Crippen LogP contribution in [0.25, 0.3) is 6.08 Å². The number of carbonyl (C=O) groups is 1. The highest BCUT2D eigenvalue weighted by molar-refractivity contribution is 7.07. The van der Waals surface area contributed by atoms with E-state index in [9.17, 15) is 14.0 Å². The quantitative estimate of drug-likeness (QED) is 0.784. The highest BCUT2D eigenvalue weighted by Gasteiger charge is 2.20. The van der Waals surface area contributed by atoms with Crippen LogP contribution >= 0.6 is 11.3 Å². The number of rotatable bonds is 1. The monoisotopic (exact) mass is 290 g/mol. The molecule has 0 fully saturated rings. The second-order valence-electron chi connectivity index (χ2n) is 4.63. The SMILES string of the molecule is C[C@@H]1CC(=O)n2c(s/c(=C/c3ccccc3F)c2=O)=N1. The third-order valence-electron chi connectivity index (χ3n) is 3.05. The van der Waals surface area contributed by atoms with E-state index in [1.165, 1.54) is 12.1 Å². The van der Waals surface area contributed by atoms with Crippen molar-refractivity contribution in [1.29, 1.82) is 0 Å². The second-order valence-corrected chi connectivity index (χ2v) is 5.64. The predicted octanol–water partition coefficient (Wildman–Crippen LogP) is 0.930. The maximum absolute atomic E-state index is 13.6. The van der Waals surface area contributed by atoms with Crippen LogP contribution in [0.4, 0.5) is 4.39 Å². The third-order valence-corrected chi connectivity index (χ3v) is 4.03. The van der Waals surface area contributed by atoms with E-state index in [-0.39, 0.29) is 18.4 Å². The van der Waals surface area contributed by atoms with Crippen LogP contribution in [0.1, 0.15) is 23.7 Å². The molecule has 1 atom stereocenters. The maximum atomic E-state index is 13.6. The van der Waals surface area contributed by atoms with E-state index in [0.717, 1.165) is 15.9 Å². The Morgan fingerprint density at radius 1 is 1.40 bits per heavy atom. The minimum absolute atomic E-state index is 0.123. The van der Waals surface area contributed by atoms with Gasteiger partial charge in [0, 0.05) is 12.0 Å². The number of hydrogen-bond acceptors (Lipinski definition) is 4. The molecule has 0 saturated heterocycles. The van der Waals surface area contributed by atoms with Crippen LogP contribution in [-0.4, -0.2) is 16.5 Å². The molecule has 0 N–H and O–H groups in total. The zero-order valence-electron chi connectivity index (χ0n) is 10.7. The van der Waals surface area contributed by atoms with Crippen LogP contribution in [0.5, 0.6) is 0 Å². The molecule has 6 heteroatoms. The molecule has 4 nitrogen and oxygen atoms in total. The topological polar surface area (TPSA) is 51.4 Å². The first-order valence-corrected chi connectivity index (χ1v) is 6.97. The number of fused-ring (bicyclic) bond motifs is 1. The van der Waals surface area contributed by atoms with Crippen molar-refractivity contribution >= 4 is 23.3 Å². The van der Waals surface area contributed by atoms with Gasteiger partial charge in [0.15, 0.2) is 4.80 Å². The zero-order chi connectivity index (χ0) is 14.3. The Morgan fingerprint density at radius 2 is 2.15 bits per heavy atom. The summed E-state index contributed by atoms with van der Waals surface area (Å²) in [4.78, 5) is 28.7. The van der Waals surface area contributed by atoms with Gasteiger partial charge in [-0.25, -0.2) is 8.96 Å². The first-order chi connectivity index (χ1) is 9.56. The van der Waals surface area contributed by atoms with Gasteiger partial charge >= 0.3 is 0 Å². The highest BCUT2D eigenvalue weighted by atomic mass is 32.1. The van der Waals surface area contributed by atoms with E-state index >= 15 is 0 Å². The Bertz CT molecular complexity index is 866. The van der Waals surface area contributed by atoms with Crippen molar-refractivity contribution in [1.82, 2.24) is 4.57 Å². The van der Waals surface area contributed by atoms with Crippen LogP contribution in [0.15, 0.2) is 34.1 Å². The average molecular weight is 290 g/mol. The van der Waals surface area contributed by atoms with Crippen molar-refractivity contribution in [3.63, 3.8) is 0 Å². The lowest BCUT2D eigenvalue weighted by Gasteiger charge is -2.09. The molecular formula is C14H11FN2O2S. The van der Waals surface area contributed by atoms with Crippen LogP contribution in [-0.2, 0) is 0 Å². The van der Waals surface area contributed by atoms with Crippen molar-refractivity contribution in [2.45, 2.75) is 19.4 Å². The van der Waals surface area contributed by atoms with Crippen molar-refractivity contribution < 1.29 is 9.18 Å². The molecule has 3 rings (SSSR count). The van der Waals surface area contributed by atoms with E-state index < -0.39 is 11.4 Å². The van der Waals surface area contributed by atoms with Crippen LogP contribution in [0.3, 0.4) is 0 Å². The lowest BCUT2D eigenvalue weighted by atomic mass is 10.2. The van der Waals surface area contributed by atoms with Gasteiger partial charge in [-0.15, -0.1) is 0 Å². The fourth-order valence-corrected chi connectivity index (χ4v) is 3.16. The van der Waals surface area contributed by atoms with Crippen molar-refractivity contribution in [2.24, 2.45) is 4.99 Å². The predicted molar refractivity (Wildman–Crippen MR) is 74.0 cm³/mol. The molecule has 0 saturated carbocycles. The molecule has 0 aliphatic carbocycles. The normalized spacial score (nSPS) is 18.8. The van der Waals surface area contributed by atoms with Crippen molar-refractivity contribution in [3.8, 4) is 0 Å². The second kappa shape index (κ2) is 4.79. The molecule has 0 unspecified atom stereocenters. The fraction of sp³-hybridized carbons (Fsp3) is 0.214. The summed E-state index contributed by atoms with van der Waals surface area (Å²) < 4.78 is 15.0. The molecule has 1 aromatic carbocycles. The van der Waals surface area contributed by atoms with Crippen LogP contribution < -0.4 is 14.9 Å². The van der Waals surface area contributed by atoms with E-state index in [1.807, 2.05) is 6.92 Å². The van der Waals surface area contributed by atoms with Gasteiger partial charge in [-0.2, -0.15) is 0 Å². The number of aromatic nitrogens is 1. The first kappa shape index (κ1) is 12.9. The van der Waals surface area contributed by atoms with Gasteiger partial charge in [-0.05, 0) is 19.1 Å². The molecule has 102 valence electrons. The van der Waals surface area contributed by atoms with Gasteiger partial charge in [0.25, 0.3) is 5.56 Å². The Morgan fingerprint density at radius 3 is 2.90 bits per heavy atom. The average Bonchev–Trinajstić information content (AvgIpc) is 2.69. The van der Waals surface area contributed by atoms with Crippen LogP contribution in [0.2, 0.25) is 0 Å². The number of hydrogen-bond donors (Lipinski definition) is 0. The minimum atomic E-state index is -0.422. The molecule has 0 spiro atoms. The van der Waals surface area contributed by atoms with Crippen molar-refractivity contribution in [2.75, 3.05) is 0 Å². The molecule has 1 aromatic heterocycles. The standard InChI is InChI=1S/C14H11FN2O2S/c1-8-6-12(18)17-13(19)11(20-14(17)16-8)7-9-4-2-3-5-10(9)15/h2-5,7-8H,6H2,1H3/b11-7+/t8-/m1/s1. The summed E-state index contributed by atoms with van der Waals surface area (Å²) in [5, 5.41) is 0. The van der Waals surface area contributed by atoms with Crippen LogP contribution in [0, 0.1) is 5.82 Å². The molecule has 2 heterocycles. The van der Waals surface area contributed by atoms with Gasteiger partial charge in [-0.3, -0.25) is 14.6 Å². The van der Waals surface area contributed by atoms with E-state index in [4.69, 9.17) is 0 Å². The number of carbonyl (C=O) groups excluding carboxylic acids is 1. The van der Waals surface area contributed by atoms with Gasteiger partial charge in [0.05, 0.1) is 10.6 Å². The van der Waals surface area contributed by atoms with Gasteiger partial charge in [-0.1, -0.05) is 29.5 Å². The number of thiazole rings is 1. The summed E-state index contributed by atoms with van der Waals surface area (Å²) in [6.45, 7) is 1.83. The lowest BCUT2D eigenvalue weighted by molar-refractivity contribution is 0.0877. The molecule has 20 heavy (non-hydrogen) atoms. The molecular weight excluding hydrogens is 279 g/mol. The lowest BCUT2D eigenvalue weighted by Crippen LogP contribution is -2.40. The summed E-state index contributed by atoms with van der Waals surface area (Å²) in [7, 11) is 0. The maximum Gasteiger partial charge on any atom is 0.277 e. The summed E-state index contributed by atoms with van der Waals surface area (Å²) in [6.07, 6.45) is 1.68. The highest BCUT2D eigenvalue weighted by Crippen LogP contribution is 2.07. The molecule has 1 aliphatic heterocycles. The summed E-state index contributed by atoms with van der Waals surface area (Å²) in [5.74, 6) is -0.656. The molecule has 2 aromatic rings. The van der Waals surface area contributed by atoms with E-state index in [2.05, 4.69) is 4.99 Å². The first-order valence-electron chi connectivity index (χ1n) is 6.15. The van der Waals surface area contributed by atoms with Gasteiger partial charge in [0.2, 0.25) is 5.91 Å². The Balaban J connectivity index is 2.27. The largest absolute Gasteiger partial charge is 0.277 e. The number of nitrogens with zero attached hydrogens (tertiary/aromatic N) is 2. The summed E-state index contributed by atoms with van der Waals surface area (Å²) >= 11 is 1.11. The third kappa shape index (κ3) is 2.12. The summed E-state index contributed by atoms with van der Waals surface area (Å²) in [5.41, 5.74) is -0.0989. The Hall–Kier alpha value is -2.08. The van der Waals surface area contributed by atoms with E-state index in [1.54, 1.807) is 18.2 Å². The van der Waals surface area contributed by atoms with Crippen molar-refractivity contribution in [3.05, 3.63) is 55.3 Å².